The van der Waals surface area contributed by atoms with Gasteiger partial charge in [0.1, 0.15) is 10.7 Å². The zero-order valence-electron chi connectivity index (χ0n) is 11.5. The lowest BCUT2D eigenvalue weighted by Crippen LogP contribution is -2.39. The van der Waals surface area contributed by atoms with E-state index in [1.807, 2.05) is 10.9 Å². The summed E-state index contributed by atoms with van der Waals surface area (Å²) in [7, 11) is -3.45. The van der Waals surface area contributed by atoms with Crippen LogP contribution in [0.1, 0.15) is 18.9 Å². The molecule has 0 atom stereocenters. The van der Waals surface area contributed by atoms with E-state index in [9.17, 15) is 8.42 Å². The molecule has 3 heterocycles. The Labute approximate surface area is 123 Å². The molecule has 0 aromatic carbocycles. The number of hydrogen-bond acceptors (Lipinski definition) is 5. The molecule has 0 aliphatic carbocycles. The second-order valence-corrected chi connectivity index (χ2v) is 6.98. The lowest BCUT2D eigenvalue weighted by atomic mass is 10.1. The third kappa shape index (κ3) is 2.77. The quantitative estimate of drug-likeness (QED) is 0.908. The lowest BCUT2D eigenvalue weighted by Gasteiger charge is -2.31. The Morgan fingerprint density at radius 3 is 2.57 bits per heavy atom. The number of aromatic nitrogens is 3. The summed E-state index contributed by atoms with van der Waals surface area (Å²) >= 11 is 0. The van der Waals surface area contributed by atoms with Crippen LogP contribution in [0.25, 0.3) is 0 Å². The summed E-state index contributed by atoms with van der Waals surface area (Å²) in [5.41, 5.74) is 5.61. The monoisotopic (exact) mass is 307 g/mol. The molecule has 1 aliphatic rings. The lowest BCUT2D eigenvalue weighted by molar-refractivity contribution is 0.261. The number of sulfonamides is 1. The minimum atomic E-state index is -3.45. The molecule has 0 spiro atoms. The molecule has 0 amide bonds. The maximum atomic E-state index is 12.5. The van der Waals surface area contributed by atoms with Gasteiger partial charge in [-0.3, -0.25) is 9.67 Å². The molecule has 8 heteroatoms. The fraction of sp³-hybridized carbons (Fsp3) is 0.385. The maximum Gasteiger partial charge on any atom is 0.244 e. The molecular weight excluding hydrogens is 290 g/mol. The standard InChI is InChI=1S/C13H17N5O2S/c14-13-5-9-18(16-13)11-3-7-17(8-4-11)21(19,20)12-2-1-6-15-10-12/h1-2,5-6,9-11H,3-4,7-8H2,(H2,14,16). The average Bonchev–Trinajstić information content (AvgIpc) is 2.95. The highest BCUT2D eigenvalue weighted by Gasteiger charge is 2.30. The van der Waals surface area contributed by atoms with Crippen LogP contribution in [0.2, 0.25) is 0 Å². The van der Waals surface area contributed by atoms with Gasteiger partial charge in [-0.1, -0.05) is 0 Å². The first kappa shape index (κ1) is 14.0. The SMILES string of the molecule is Nc1ccn(C2CCN(S(=O)(=O)c3cccnc3)CC2)n1. The fourth-order valence-electron chi connectivity index (χ4n) is 2.55. The topological polar surface area (TPSA) is 94.1 Å². The predicted molar refractivity (Wildman–Crippen MR) is 77.9 cm³/mol. The van der Waals surface area contributed by atoms with Crippen LogP contribution in [-0.2, 0) is 10.0 Å². The van der Waals surface area contributed by atoms with Crippen molar-refractivity contribution < 1.29 is 8.42 Å². The first-order chi connectivity index (χ1) is 10.1. The van der Waals surface area contributed by atoms with Gasteiger partial charge in [0.05, 0.1) is 6.04 Å². The molecule has 0 radical (unpaired) electrons. The Bertz CT molecular complexity index is 705. The van der Waals surface area contributed by atoms with Crippen molar-refractivity contribution in [3.8, 4) is 0 Å². The third-order valence-corrected chi connectivity index (χ3v) is 5.58. The smallest absolute Gasteiger partial charge is 0.244 e. The van der Waals surface area contributed by atoms with Crippen molar-refractivity contribution in [3.63, 3.8) is 0 Å². The van der Waals surface area contributed by atoms with Crippen LogP contribution in [0.3, 0.4) is 0 Å². The molecule has 2 aromatic heterocycles. The minimum Gasteiger partial charge on any atom is -0.382 e. The van der Waals surface area contributed by atoms with Crippen LogP contribution in [0, 0.1) is 0 Å². The molecule has 2 N–H and O–H groups in total. The summed E-state index contributed by atoms with van der Waals surface area (Å²) in [4.78, 5) is 4.12. The van der Waals surface area contributed by atoms with E-state index in [1.54, 1.807) is 24.4 Å². The number of nitrogen functional groups attached to an aromatic ring is 1. The van der Waals surface area contributed by atoms with Gasteiger partial charge in [0.25, 0.3) is 0 Å². The zero-order chi connectivity index (χ0) is 14.9. The molecule has 0 bridgehead atoms. The molecule has 21 heavy (non-hydrogen) atoms. The number of piperidine rings is 1. The summed E-state index contributed by atoms with van der Waals surface area (Å²) in [5.74, 6) is 0.486. The van der Waals surface area contributed by atoms with E-state index in [1.165, 1.54) is 10.5 Å². The Morgan fingerprint density at radius 2 is 2.00 bits per heavy atom. The van der Waals surface area contributed by atoms with Crippen LogP contribution in [0.4, 0.5) is 5.82 Å². The largest absolute Gasteiger partial charge is 0.382 e. The molecule has 112 valence electrons. The second kappa shape index (κ2) is 5.45. The highest BCUT2D eigenvalue weighted by molar-refractivity contribution is 7.89. The van der Waals surface area contributed by atoms with Gasteiger partial charge in [0.15, 0.2) is 0 Å². The first-order valence-electron chi connectivity index (χ1n) is 6.78. The van der Waals surface area contributed by atoms with Crippen molar-refractivity contribution in [2.45, 2.75) is 23.8 Å². The second-order valence-electron chi connectivity index (χ2n) is 5.04. The van der Waals surface area contributed by atoms with Gasteiger partial charge in [-0.25, -0.2) is 8.42 Å². The third-order valence-electron chi connectivity index (χ3n) is 3.70. The molecule has 2 aromatic rings. The number of nitrogens with zero attached hydrogens (tertiary/aromatic N) is 4. The zero-order valence-corrected chi connectivity index (χ0v) is 12.3. The van der Waals surface area contributed by atoms with Crippen LogP contribution in [-0.4, -0.2) is 40.6 Å². The Kier molecular flexibility index (Phi) is 3.64. The average molecular weight is 307 g/mol. The molecule has 0 unspecified atom stereocenters. The van der Waals surface area contributed by atoms with Gasteiger partial charge in [-0.05, 0) is 31.0 Å². The van der Waals surface area contributed by atoms with Gasteiger partial charge >= 0.3 is 0 Å². The number of pyridine rings is 1. The van der Waals surface area contributed by atoms with Gasteiger partial charge in [-0.2, -0.15) is 9.40 Å². The number of anilines is 1. The van der Waals surface area contributed by atoms with Gasteiger partial charge in [0.2, 0.25) is 10.0 Å². The van der Waals surface area contributed by atoms with E-state index in [2.05, 4.69) is 10.1 Å². The summed E-state index contributed by atoms with van der Waals surface area (Å²) in [6.07, 6.45) is 6.23. The number of nitrogens with two attached hydrogens (primary N) is 1. The van der Waals surface area contributed by atoms with Crippen LogP contribution in [0.15, 0.2) is 41.7 Å². The number of hydrogen-bond donors (Lipinski definition) is 1. The van der Waals surface area contributed by atoms with Gasteiger partial charge < -0.3 is 5.73 Å². The summed E-state index contributed by atoms with van der Waals surface area (Å²) in [6, 6.07) is 5.15. The molecule has 7 nitrogen and oxygen atoms in total. The van der Waals surface area contributed by atoms with Crippen LogP contribution in [0.5, 0.6) is 0 Å². The Balaban J connectivity index is 1.71. The maximum absolute atomic E-state index is 12.5. The predicted octanol–water partition coefficient (Wildman–Crippen LogP) is 0.886. The molecule has 1 aliphatic heterocycles. The van der Waals surface area contributed by atoms with E-state index in [0.29, 0.717) is 18.9 Å². The summed E-state index contributed by atoms with van der Waals surface area (Å²) < 4.78 is 28.3. The van der Waals surface area contributed by atoms with Crippen LogP contribution < -0.4 is 5.73 Å². The Hall–Kier alpha value is -1.93. The molecule has 1 fully saturated rings. The number of rotatable bonds is 3. The first-order valence-corrected chi connectivity index (χ1v) is 8.22. The Morgan fingerprint density at radius 1 is 1.24 bits per heavy atom. The normalized spacial score (nSPS) is 17.9. The molecule has 0 saturated carbocycles. The minimum absolute atomic E-state index is 0.197. The van der Waals surface area contributed by atoms with Gasteiger partial charge in [-0.15, -0.1) is 0 Å². The van der Waals surface area contributed by atoms with E-state index < -0.39 is 10.0 Å². The summed E-state index contributed by atoms with van der Waals surface area (Å²) in [5, 5.41) is 4.20. The highest BCUT2D eigenvalue weighted by atomic mass is 32.2. The molecule has 1 saturated heterocycles. The fourth-order valence-corrected chi connectivity index (χ4v) is 3.99. The van der Waals surface area contributed by atoms with Crippen molar-refractivity contribution in [1.29, 1.82) is 0 Å². The van der Waals surface area contributed by atoms with E-state index in [0.717, 1.165) is 12.8 Å². The van der Waals surface area contributed by atoms with E-state index >= 15 is 0 Å². The van der Waals surface area contributed by atoms with Crippen molar-refractivity contribution >= 4 is 15.8 Å². The van der Waals surface area contributed by atoms with Gasteiger partial charge in [0, 0.05) is 31.7 Å². The van der Waals surface area contributed by atoms with E-state index in [4.69, 9.17) is 5.73 Å². The molecular formula is C13H17N5O2S. The molecule has 3 rings (SSSR count). The van der Waals surface area contributed by atoms with Crippen molar-refractivity contribution in [1.82, 2.24) is 19.1 Å². The van der Waals surface area contributed by atoms with Crippen LogP contribution >= 0.6 is 0 Å². The van der Waals surface area contributed by atoms with Crippen molar-refractivity contribution in [2.75, 3.05) is 18.8 Å². The van der Waals surface area contributed by atoms with Crippen molar-refractivity contribution in [3.05, 3.63) is 36.8 Å². The van der Waals surface area contributed by atoms with Crippen molar-refractivity contribution in [2.24, 2.45) is 0 Å². The summed E-state index contributed by atoms with van der Waals surface area (Å²) in [6.45, 7) is 0.948. The van der Waals surface area contributed by atoms with E-state index in [-0.39, 0.29) is 10.9 Å². The highest BCUT2D eigenvalue weighted by Crippen LogP contribution is 2.26.